The molecule has 2 fully saturated rings. The molecule has 2 aliphatic heterocycles. The number of rotatable bonds is 5. The van der Waals surface area contributed by atoms with Crippen LogP contribution in [0.1, 0.15) is 61.4 Å². The highest BCUT2D eigenvalue weighted by Gasteiger charge is 2.25. The Morgan fingerprint density at radius 1 is 0.933 bits per heavy atom. The van der Waals surface area contributed by atoms with Crippen molar-refractivity contribution in [2.45, 2.75) is 57.6 Å². The molecule has 30 heavy (non-hydrogen) atoms. The van der Waals surface area contributed by atoms with E-state index >= 15 is 0 Å². The number of carbonyl (C=O) groups excluding carboxylic acids is 1. The molecule has 5 nitrogen and oxygen atoms in total. The molecular weight excluding hydrogens is 374 g/mol. The highest BCUT2D eigenvalue weighted by molar-refractivity contribution is 5.94. The van der Waals surface area contributed by atoms with Crippen LogP contribution >= 0.6 is 0 Å². The number of likely N-dealkylation sites (tertiary alicyclic amines) is 2. The molecule has 0 saturated carbocycles. The number of pyridine rings is 1. The summed E-state index contributed by atoms with van der Waals surface area (Å²) < 4.78 is 6.24. The van der Waals surface area contributed by atoms with Crippen LogP contribution in [-0.4, -0.2) is 59.0 Å². The van der Waals surface area contributed by atoms with Crippen LogP contribution < -0.4 is 4.74 Å². The Balaban J connectivity index is 1.26. The second-order valence-corrected chi connectivity index (χ2v) is 8.82. The van der Waals surface area contributed by atoms with Crippen LogP contribution in [0.4, 0.5) is 0 Å². The fourth-order valence-electron chi connectivity index (χ4n) is 4.61. The van der Waals surface area contributed by atoms with Crippen molar-refractivity contribution in [2.75, 3.05) is 26.2 Å². The standard InChI is InChI=1S/C25H33N3O2/c1-19(2)27-17-11-24(12-18-27)30-23-5-3-20(4-6-23)21-9-15-28(16-10-21)25(29)22-7-13-26-14-8-22/h3-8,13-14,19,21,24H,9-12,15-18H2,1-2H3. The van der Waals surface area contributed by atoms with Gasteiger partial charge in [0.2, 0.25) is 0 Å². The SMILES string of the molecule is CC(C)N1CCC(Oc2ccc(C3CCN(C(=O)c4ccncc4)CC3)cc2)CC1. The van der Waals surface area contributed by atoms with Crippen LogP contribution in [0.2, 0.25) is 0 Å². The molecule has 2 saturated heterocycles. The van der Waals surface area contributed by atoms with Crippen LogP contribution in [0.5, 0.6) is 5.75 Å². The predicted molar refractivity (Wildman–Crippen MR) is 119 cm³/mol. The highest BCUT2D eigenvalue weighted by Crippen LogP contribution is 2.30. The molecule has 1 aromatic heterocycles. The Bertz CT molecular complexity index is 806. The maximum atomic E-state index is 12.6. The monoisotopic (exact) mass is 407 g/mol. The van der Waals surface area contributed by atoms with E-state index in [1.54, 1.807) is 24.5 Å². The normalized spacial score (nSPS) is 19.2. The summed E-state index contributed by atoms with van der Waals surface area (Å²) in [7, 11) is 0. The van der Waals surface area contributed by atoms with E-state index in [1.807, 2.05) is 4.90 Å². The first-order valence-corrected chi connectivity index (χ1v) is 11.3. The fraction of sp³-hybridized carbons (Fsp3) is 0.520. The Morgan fingerprint density at radius 2 is 1.57 bits per heavy atom. The molecule has 0 bridgehead atoms. The van der Waals surface area contributed by atoms with Gasteiger partial charge in [-0.05, 0) is 75.3 Å². The molecule has 5 heteroatoms. The van der Waals surface area contributed by atoms with Gasteiger partial charge in [0.15, 0.2) is 0 Å². The summed E-state index contributed by atoms with van der Waals surface area (Å²) in [6, 6.07) is 12.9. The zero-order valence-electron chi connectivity index (χ0n) is 18.2. The summed E-state index contributed by atoms with van der Waals surface area (Å²) in [6.45, 7) is 8.38. The van der Waals surface area contributed by atoms with E-state index in [0.29, 0.717) is 18.1 Å². The van der Waals surface area contributed by atoms with E-state index in [-0.39, 0.29) is 5.91 Å². The van der Waals surface area contributed by atoms with Crippen molar-refractivity contribution in [3.05, 3.63) is 59.9 Å². The second-order valence-electron chi connectivity index (χ2n) is 8.82. The molecule has 3 heterocycles. The van der Waals surface area contributed by atoms with Crippen molar-refractivity contribution in [1.29, 1.82) is 0 Å². The third-order valence-electron chi connectivity index (χ3n) is 6.57. The van der Waals surface area contributed by atoms with Gasteiger partial charge in [-0.25, -0.2) is 0 Å². The third kappa shape index (κ3) is 5.01. The summed E-state index contributed by atoms with van der Waals surface area (Å²) in [6.07, 6.45) is 7.89. The third-order valence-corrected chi connectivity index (χ3v) is 6.57. The lowest BCUT2D eigenvalue weighted by atomic mass is 9.89. The average Bonchev–Trinajstić information content (AvgIpc) is 2.80. The first-order chi connectivity index (χ1) is 14.6. The average molecular weight is 408 g/mol. The molecule has 1 amide bonds. The number of aromatic nitrogens is 1. The van der Waals surface area contributed by atoms with Gasteiger partial charge in [-0.1, -0.05) is 12.1 Å². The molecule has 2 aliphatic rings. The van der Waals surface area contributed by atoms with Crippen molar-refractivity contribution in [1.82, 2.24) is 14.8 Å². The Morgan fingerprint density at radius 3 is 2.17 bits per heavy atom. The number of amides is 1. The number of hydrogen-bond acceptors (Lipinski definition) is 4. The number of ether oxygens (including phenoxy) is 1. The Kier molecular flexibility index (Phi) is 6.68. The minimum atomic E-state index is 0.114. The lowest BCUT2D eigenvalue weighted by molar-refractivity contribution is 0.0713. The summed E-state index contributed by atoms with van der Waals surface area (Å²) in [5, 5.41) is 0. The second kappa shape index (κ2) is 9.61. The van der Waals surface area contributed by atoms with Crippen LogP contribution in [0.3, 0.4) is 0 Å². The van der Waals surface area contributed by atoms with Gasteiger partial charge in [0.25, 0.3) is 5.91 Å². The largest absolute Gasteiger partial charge is 0.490 e. The molecule has 1 aromatic carbocycles. The molecule has 2 aromatic rings. The lowest BCUT2D eigenvalue weighted by Gasteiger charge is -2.34. The number of carbonyl (C=O) groups is 1. The fourth-order valence-corrected chi connectivity index (χ4v) is 4.61. The van der Waals surface area contributed by atoms with Crippen molar-refractivity contribution < 1.29 is 9.53 Å². The van der Waals surface area contributed by atoms with Gasteiger partial charge in [-0.15, -0.1) is 0 Å². The molecule has 0 N–H and O–H groups in total. The van der Waals surface area contributed by atoms with Crippen molar-refractivity contribution in [3.63, 3.8) is 0 Å². The number of piperidine rings is 2. The smallest absolute Gasteiger partial charge is 0.253 e. The summed E-state index contributed by atoms with van der Waals surface area (Å²) in [5.41, 5.74) is 2.08. The predicted octanol–water partition coefficient (Wildman–Crippen LogP) is 4.35. The first-order valence-electron chi connectivity index (χ1n) is 11.3. The van der Waals surface area contributed by atoms with Gasteiger partial charge in [-0.2, -0.15) is 0 Å². The number of hydrogen-bond donors (Lipinski definition) is 0. The molecule has 0 atom stereocenters. The maximum Gasteiger partial charge on any atom is 0.253 e. The molecular formula is C25H33N3O2. The zero-order chi connectivity index (χ0) is 20.9. The van der Waals surface area contributed by atoms with Gasteiger partial charge in [0, 0.05) is 50.2 Å². The van der Waals surface area contributed by atoms with Crippen molar-refractivity contribution in [3.8, 4) is 5.75 Å². The van der Waals surface area contributed by atoms with Gasteiger partial charge in [0.05, 0.1) is 0 Å². The quantitative estimate of drug-likeness (QED) is 0.739. The van der Waals surface area contributed by atoms with Crippen LogP contribution in [0.15, 0.2) is 48.8 Å². The molecule has 0 aliphatic carbocycles. The summed E-state index contributed by atoms with van der Waals surface area (Å²) in [4.78, 5) is 21.1. The topological polar surface area (TPSA) is 45.7 Å². The van der Waals surface area contributed by atoms with Gasteiger partial charge in [0.1, 0.15) is 11.9 Å². The van der Waals surface area contributed by atoms with Crippen molar-refractivity contribution >= 4 is 5.91 Å². The van der Waals surface area contributed by atoms with E-state index in [2.05, 4.69) is 48.0 Å². The van der Waals surface area contributed by atoms with Crippen molar-refractivity contribution in [2.24, 2.45) is 0 Å². The van der Waals surface area contributed by atoms with E-state index in [1.165, 1.54) is 5.56 Å². The van der Waals surface area contributed by atoms with E-state index in [9.17, 15) is 4.79 Å². The zero-order valence-corrected chi connectivity index (χ0v) is 18.2. The summed E-state index contributed by atoms with van der Waals surface area (Å²) >= 11 is 0. The molecule has 0 spiro atoms. The Hall–Kier alpha value is -2.40. The molecule has 4 rings (SSSR count). The molecule has 0 unspecified atom stereocenters. The maximum absolute atomic E-state index is 12.6. The van der Waals surface area contributed by atoms with Crippen LogP contribution in [0.25, 0.3) is 0 Å². The van der Waals surface area contributed by atoms with Gasteiger partial charge >= 0.3 is 0 Å². The van der Waals surface area contributed by atoms with Crippen LogP contribution in [0, 0.1) is 0 Å². The highest BCUT2D eigenvalue weighted by atomic mass is 16.5. The van der Waals surface area contributed by atoms with Crippen LogP contribution in [-0.2, 0) is 0 Å². The minimum Gasteiger partial charge on any atom is -0.490 e. The lowest BCUT2D eigenvalue weighted by Crippen LogP contribution is -2.41. The molecule has 0 radical (unpaired) electrons. The van der Waals surface area contributed by atoms with Gasteiger partial charge < -0.3 is 14.5 Å². The minimum absolute atomic E-state index is 0.114. The van der Waals surface area contributed by atoms with E-state index < -0.39 is 0 Å². The Labute approximate surface area is 180 Å². The van der Waals surface area contributed by atoms with E-state index in [0.717, 1.165) is 63.2 Å². The van der Waals surface area contributed by atoms with E-state index in [4.69, 9.17) is 4.74 Å². The molecule has 160 valence electrons. The number of nitrogens with zero attached hydrogens (tertiary/aromatic N) is 3. The number of benzene rings is 1. The summed E-state index contributed by atoms with van der Waals surface area (Å²) in [5.74, 6) is 1.60. The van der Waals surface area contributed by atoms with Gasteiger partial charge in [-0.3, -0.25) is 9.78 Å². The first kappa shape index (κ1) is 20.9.